The molecule has 0 aromatic carbocycles. The zero-order valence-electron chi connectivity index (χ0n) is 11.0. The number of aromatic nitrogens is 1. The van der Waals surface area contributed by atoms with Gasteiger partial charge in [0.25, 0.3) is 0 Å². The van der Waals surface area contributed by atoms with E-state index in [9.17, 15) is 4.79 Å². The largest absolute Gasteiger partial charge is 0.465 e. The van der Waals surface area contributed by atoms with E-state index in [1.165, 1.54) is 24.0 Å². The summed E-state index contributed by atoms with van der Waals surface area (Å²) in [5, 5.41) is 2.03. The smallest absolute Gasteiger partial charge is 0.348 e. The fraction of sp³-hybridized carbons (Fsp3) is 0.333. The molecule has 2 aromatic rings. The lowest BCUT2D eigenvalue weighted by Gasteiger charge is -2.13. The fourth-order valence-electron chi connectivity index (χ4n) is 2.83. The first kappa shape index (κ1) is 12.4. The number of nitrogens with zero attached hydrogens (tertiary/aromatic N) is 1. The van der Waals surface area contributed by atoms with Crippen LogP contribution in [0.3, 0.4) is 0 Å². The van der Waals surface area contributed by atoms with Gasteiger partial charge < -0.3 is 4.74 Å². The topological polar surface area (TPSA) is 39.2 Å². The van der Waals surface area contributed by atoms with Gasteiger partial charge in [-0.05, 0) is 47.9 Å². The predicted molar refractivity (Wildman–Crippen MR) is 74.8 cm³/mol. The fourth-order valence-corrected chi connectivity index (χ4v) is 3.86. The van der Waals surface area contributed by atoms with Crippen LogP contribution < -0.4 is 0 Å². The summed E-state index contributed by atoms with van der Waals surface area (Å²) in [4.78, 5) is 17.1. The number of carbonyl (C=O) groups is 1. The SMILES string of the molecule is COC(=O)c1scc(C)c1C1CCc2cccnc21. The first-order chi connectivity index (χ1) is 9.22. The maximum Gasteiger partial charge on any atom is 0.348 e. The third-order valence-electron chi connectivity index (χ3n) is 3.70. The summed E-state index contributed by atoms with van der Waals surface area (Å²) < 4.78 is 4.89. The Hall–Kier alpha value is -1.68. The van der Waals surface area contributed by atoms with Crippen LogP contribution in [0.4, 0.5) is 0 Å². The Morgan fingerprint density at radius 1 is 1.53 bits per heavy atom. The van der Waals surface area contributed by atoms with Gasteiger partial charge in [-0.2, -0.15) is 0 Å². The van der Waals surface area contributed by atoms with Gasteiger partial charge in [0.1, 0.15) is 4.88 Å². The third kappa shape index (κ3) is 1.96. The van der Waals surface area contributed by atoms with E-state index in [1.807, 2.05) is 17.6 Å². The maximum atomic E-state index is 11.9. The van der Waals surface area contributed by atoms with Crippen molar-refractivity contribution in [2.45, 2.75) is 25.7 Å². The van der Waals surface area contributed by atoms with Crippen LogP contribution in [0.25, 0.3) is 0 Å². The van der Waals surface area contributed by atoms with Crippen LogP contribution in [0.15, 0.2) is 23.7 Å². The Balaban J connectivity index is 2.09. The van der Waals surface area contributed by atoms with Crippen LogP contribution >= 0.6 is 11.3 Å². The zero-order chi connectivity index (χ0) is 13.4. The molecule has 3 rings (SSSR count). The summed E-state index contributed by atoms with van der Waals surface area (Å²) in [5.74, 6) is -0.00553. The van der Waals surface area contributed by atoms with E-state index in [1.54, 1.807) is 0 Å². The number of rotatable bonds is 2. The van der Waals surface area contributed by atoms with Crippen molar-refractivity contribution >= 4 is 17.3 Å². The van der Waals surface area contributed by atoms with Crippen molar-refractivity contribution in [1.29, 1.82) is 0 Å². The standard InChI is InChI=1S/C15H15NO2S/c1-9-8-19-14(15(17)18-2)12(9)11-6-5-10-4-3-7-16-13(10)11/h3-4,7-8,11H,5-6H2,1-2H3. The van der Waals surface area contributed by atoms with Crippen LogP contribution in [-0.4, -0.2) is 18.1 Å². The molecule has 19 heavy (non-hydrogen) atoms. The van der Waals surface area contributed by atoms with Crippen molar-refractivity contribution in [1.82, 2.24) is 4.98 Å². The molecular formula is C15H15NO2S. The minimum absolute atomic E-state index is 0.233. The molecule has 3 nitrogen and oxygen atoms in total. The van der Waals surface area contributed by atoms with Crippen LogP contribution in [-0.2, 0) is 11.2 Å². The molecule has 0 aliphatic heterocycles. The summed E-state index contributed by atoms with van der Waals surface area (Å²) in [5.41, 5.74) is 4.69. The van der Waals surface area contributed by atoms with E-state index in [4.69, 9.17) is 4.74 Å². The van der Waals surface area contributed by atoms with Crippen molar-refractivity contribution in [2.24, 2.45) is 0 Å². The predicted octanol–water partition coefficient (Wildman–Crippen LogP) is 3.32. The molecule has 4 heteroatoms. The summed E-state index contributed by atoms with van der Waals surface area (Å²) >= 11 is 1.47. The number of aryl methyl sites for hydroxylation is 2. The lowest BCUT2D eigenvalue weighted by Crippen LogP contribution is -2.07. The molecular weight excluding hydrogens is 258 g/mol. The van der Waals surface area contributed by atoms with Gasteiger partial charge in [0.15, 0.2) is 0 Å². The lowest BCUT2D eigenvalue weighted by molar-refractivity contribution is 0.0605. The zero-order valence-corrected chi connectivity index (χ0v) is 11.8. The van der Waals surface area contributed by atoms with Crippen LogP contribution in [0.1, 0.15) is 44.4 Å². The van der Waals surface area contributed by atoms with Crippen LogP contribution in [0.2, 0.25) is 0 Å². The molecule has 1 aliphatic carbocycles. The van der Waals surface area contributed by atoms with Crippen molar-refractivity contribution in [3.05, 3.63) is 51.0 Å². The molecule has 0 saturated heterocycles. The number of carbonyl (C=O) groups excluding carboxylic acids is 1. The van der Waals surface area contributed by atoms with Gasteiger partial charge >= 0.3 is 5.97 Å². The first-order valence-electron chi connectivity index (χ1n) is 6.32. The van der Waals surface area contributed by atoms with Gasteiger partial charge in [0.2, 0.25) is 0 Å². The highest BCUT2D eigenvalue weighted by atomic mass is 32.1. The molecule has 1 atom stereocenters. The minimum Gasteiger partial charge on any atom is -0.465 e. The lowest BCUT2D eigenvalue weighted by atomic mass is 9.93. The second kappa shape index (κ2) is 4.78. The van der Waals surface area contributed by atoms with E-state index in [2.05, 4.69) is 18.0 Å². The van der Waals surface area contributed by atoms with E-state index in [-0.39, 0.29) is 11.9 Å². The highest BCUT2D eigenvalue weighted by Gasteiger charge is 2.31. The molecule has 2 heterocycles. The quantitative estimate of drug-likeness (QED) is 0.788. The van der Waals surface area contributed by atoms with Gasteiger partial charge in [-0.25, -0.2) is 4.79 Å². The second-order valence-corrected chi connectivity index (χ2v) is 5.67. The van der Waals surface area contributed by atoms with Gasteiger partial charge in [-0.1, -0.05) is 6.07 Å². The summed E-state index contributed by atoms with van der Waals surface area (Å²) in [6.07, 6.45) is 3.88. The Morgan fingerprint density at radius 2 is 2.37 bits per heavy atom. The molecule has 0 saturated carbocycles. The average Bonchev–Trinajstić information content (AvgIpc) is 3.01. The average molecular weight is 273 g/mol. The summed E-state index contributed by atoms with van der Waals surface area (Å²) in [6, 6.07) is 4.10. The number of hydrogen-bond acceptors (Lipinski definition) is 4. The number of hydrogen-bond donors (Lipinski definition) is 0. The number of methoxy groups -OCH3 is 1. The van der Waals surface area contributed by atoms with E-state index in [0.29, 0.717) is 0 Å². The monoisotopic (exact) mass is 273 g/mol. The molecule has 0 amide bonds. The Bertz CT molecular complexity index is 633. The summed E-state index contributed by atoms with van der Waals surface area (Å²) in [6.45, 7) is 2.05. The maximum absolute atomic E-state index is 11.9. The molecule has 0 fully saturated rings. The van der Waals surface area contributed by atoms with Crippen molar-refractivity contribution in [3.8, 4) is 0 Å². The molecule has 1 aliphatic rings. The van der Waals surface area contributed by atoms with E-state index >= 15 is 0 Å². The molecule has 0 spiro atoms. The number of fused-ring (bicyclic) bond motifs is 1. The molecule has 1 unspecified atom stereocenters. The molecule has 2 aromatic heterocycles. The Morgan fingerprint density at radius 3 is 3.16 bits per heavy atom. The number of esters is 1. The van der Waals surface area contributed by atoms with Gasteiger partial charge in [0.05, 0.1) is 12.8 Å². The Kier molecular flexibility index (Phi) is 3.11. The highest BCUT2D eigenvalue weighted by molar-refractivity contribution is 7.12. The third-order valence-corrected chi connectivity index (χ3v) is 4.79. The minimum atomic E-state index is -0.238. The van der Waals surface area contributed by atoms with Crippen molar-refractivity contribution < 1.29 is 9.53 Å². The summed E-state index contributed by atoms with van der Waals surface area (Å²) in [7, 11) is 1.43. The first-order valence-corrected chi connectivity index (χ1v) is 7.20. The second-order valence-electron chi connectivity index (χ2n) is 4.79. The highest BCUT2D eigenvalue weighted by Crippen LogP contribution is 2.41. The Labute approximate surface area is 116 Å². The molecule has 0 N–H and O–H groups in total. The van der Waals surface area contributed by atoms with Gasteiger partial charge in [0, 0.05) is 12.1 Å². The number of thiophene rings is 1. The normalized spacial score (nSPS) is 17.3. The molecule has 0 radical (unpaired) electrons. The van der Waals surface area contributed by atoms with E-state index in [0.717, 1.165) is 34.5 Å². The van der Waals surface area contributed by atoms with Gasteiger partial charge in [-0.15, -0.1) is 11.3 Å². The van der Waals surface area contributed by atoms with Crippen molar-refractivity contribution in [2.75, 3.05) is 7.11 Å². The van der Waals surface area contributed by atoms with Gasteiger partial charge in [-0.3, -0.25) is 4.98 Å². The van der Waals surface area contributed by atoms with E-state index < -0.39 is 0 Å². The molecule has 0 bridgehead atoms. The number of pyridine rings is 1. The van der Waals surface area contributed by atoms with Crippen LogP contribution in [0.5, 0.6) is 0 Å². The van der Waals surface area contributed by atoms with Crippen molar-refractivity contribution in [3.63, 3.8) is 0 Å². The molecule has 98 valence electrons. The van der Waals surface area contributed by atoms with Crippen LogP contribution in [0, 0.1) is 6.92 Å². The number of ether oxygens (including phenoxy) is 1.